The van der Waals surface area contributed by atoms with Gasteiger partial charge in [0.1, 0.15) is 0 Å². The molecule has 20 heavy (non-hydrogen) atoms. The molecule has 0 radical (unpaired) electrons. The van der Waals surface area contributed by atoms with Gasteiger partial charge < -0.3 is 29.4 Å². The van der Waals surface area contributed by atoms with E-state index in [0.717, 1.165) is 0 Å². The predicted octanol–water partition coefficient (Wildman–Crippen LogP) is 0.982. The first kappa shape index (κ1) is 16.6. The summed E-state index contributed by atoms with van der Waals surface area (Å²) in [7, 11) is 6.26. The molecule has 0 aliphatic rings. The minimum absolute atomic E-state index is 0.398. The Kier molecular flexibility index (Phi) is 7.14. The third-order valence-corrected chi connectivity index (χ3v) is 2.91. The summed E-state index contributed by atoms with van der Waals surface area (Å²) in [4.78, 5) is 0. The standard InChI is InChI=1S/C14H23NO5/c1-17-8-7-15-9-11(16)10-5-6-12(18-2)14(20-4)13(10)19-3/h5-6,11,15-16H,7-9H2,1-4H3. The van der Waals surface area contributed by atoms with Crippen LogP contribution in [0.5, 0.6) is 17.2 Å². The van der Waals surface area contributed by atoms with Gasteiger partial charge in [-0.15, -0.1) is 0 Å². The molecule has 6 nitrogen and oxygen atoms in total. The molecule has 1 rings (SSSR count). The van der Waals surface area contributed by atoms with E-state index in [-0.39, 0.29) is 0 Å². The maximum Gasteiger partial charge on any atom is 0.203 e. The lowest BCUT2D eigenvalue weighted by Crippen LogP contribution is -2.25. The molecule has 0 fully saturated rings. The smallest absolute Gasteiger partial charge is 0.203 e. The van der Waals surface area contributed by atoms with Crippen LogP contribution in [-0.2, 0) is 4.74 Å². The van der Waals surface area contributed by atoms with Crippen LogP contribution in [-0.4, -0.2) is 53.2 Å². The average Bonchev–Trinajstić information content (AvgIpc) is 2.49. The first-order chi connectivity index (χ1) is 9.69. The van der Waals surface area contributed by atoms with Crippen LogP contribution in [0.1, 0.15) is 11.7 Å². The Balaban J connectivity index is 2.88. The van der Waals surface area contributed by atoms with Gasteiger partial charge in [-0.25, -0.2) is 0 Å². The molecular formula is C14H23NO5. The summed E-state index contributed by atoms with van der Waals surface area (Å²) in [6.45, 7) is 1.66. The van der Waals surface area contributed by atoms with Crippen molar-refractivity contribution in [2.45, 2.75) is 6.10 Å². The van der Waals surface area contributed by atoms with Gasteiger partial charge in [0.2, 0.25) is 5.75 Å². The molecule has 0 spiro atoms. The van der Waals surface area contributed by atoms with E-state index in [2.05, 4.69) is 5.32 Å². The predicted molar refractivity (Wildman–Crippen MR) is 75.8 cm³/mol. The number of ether oxygens (including phenoxy) is 4. The second-order valence-corrected chi connectivity index (χ2v) is 4.14. The molecule has 1 aromatic rings. The molecule has 0 saturated heterocycles. The summed E-state index contributed by atoms with van der Waals surface area (Å²) >= 11 is 0. The van der Waals surface area contributed by atoms with Crippen LogP contribution in [0.2, 0.25) is 0 Å². The van der Waals surface area contributed by atoms with Crippen LogP contribution in [0.4, 0.5) is 0 Å². The Hall–Kier alpha value is -1.50. The second kappa shape index (κ2) is 8.63. The maximum absolute atomic E-state index is 10.2. The van der Waals surface area contributed by atoms with Crippen molar-refractivity contribution in [3.63, 3.8) is 0 Å². The number of aliphatic hydroxyl groups is 1. The van der Waals surface area contributed by atoms with Gasteiger partial charge in [-0.05, 0) is 12.1 Å². The molecule has 6 heteroatoms. The topological polar surface area (TPSA) is 69.2 Å². The van der Waals surface area contributed by atoms with Gasteiger partial charge in [0.05, 0.1) is 34.0 Å². The van der Waals surface area contributed by atoms with Crippen LogP contribution in [0.3, 0.4) is 0 Å². The Labute approximate surface area is 119 Å². The Morgan fingerprint density at radius 2 is 1.75 bits per heavy atom. The second-order valence-electron chi connectivity index (χ2n) is 4.14. The molecule has 2 N–H and O–H groups in total. The van der Waals surface area contributed by atoms with Crippen molar-refractivity contribution >= 4 is 0 Å². The third kappa shape index (κ3) is 4.00. The fraction of sp³-hybridized carbons (Fsp3) is 0.571. The highest BCUT2D eigenvalue weighted by Crippen LogP contribution is 2.41. The highest BCUT2D eigenvalue weighted by atomic mass is 16.5. The number of aliphatic hydroxyl groups excluding tert-OH is 1. The van der Waals surface area contributed by atoms with Crippen molar-refractivity contribution in [2.24, 2.45) is 0 Å². The maximum atomic E-state index is 10.2. The van der Waals surface area contributed by atoms with Crippen LogP contribution in [0, 0.1) is 0 Å². The minimum Gasteiger partial charge on any atom is -0.493 e. The van der Waals surface area contributed by atoms with E-state index in [4.69, 9.17) is 18.9 Å². The zero-order valence-corrected chi connectivity index (χ0v) is 12.4. The fourth-order valence-corrected chi connectivity index (χ4v) is 1.91. The molecule has 0 heterocycles. The molecule has 0 aromatic heterocycles. The van der Waals surface area contributed by atoms with E-state index in [9.17, 15) is 5.11 Å². The number of methoxy groups -OCH3 is 4. The van der Waals surface area contributed by atoms with E-state index in [1.165, 1.54) is 14.2 Å². The molecule has 1 atom stereocenters. The van der Waals surface area contributed by atoms with E-state index < -0.39 is 6.10 Å². The van der Waals surface area contributed by atoms with E-state index in [1.54, 1.807) is 26.4 Å². The molecule has 1 aromatic carbocycles. The molecular weight excluding hydrogens is 262 g/mol. The molecule has 0 aliphatic heterocycles. The number of benzene rings is 1. The van der Waals surface area contributed by atoms with Crippen LogP contribution < -0.4 is 19.5 Å². The first-order valence-corrected chi connectivity index (χ1v) is 6.36. The van der Waals surface area contributed by atoms with Gasteiger partial charge >= 0.3 is 0 Å². The van der Waals surface area contributed by atoms with E-state index in [1.807, 2.05) is 0 Å². The summed E-state index contributed by atoms with van der Waals surface area (Å²) in [6.07, 6.45) is -0.707. The lowest BCUT2D eigenvalue weighted by molar-refractivity contribution is 0.158. The summed E-state index contributed by atoms with van der Waals surface area (Å²) < 4.78 is 20.8. The summed E-state index contributed by atoms with van der Waals surface area (Å²) in [5.74, 6) is 1.52. The molecule has 0 amide bonds. The number of hydrogen-bond acceptors (Lipinski definition) is 6. The van der Waals surface area contributed by atoms with Gasteiger partial charge in [0, 0.05) is 25.8 Å². The third-order valence-electron chi connectivity index (χ3n) is 2.91. The zero-order chi connectivity index (χ0) is 15.0. The van der Waals surface area contributed by atoms with Crippen LogP contribution in [0.25, 0.3) is 0 Å². The Morgan fingerprint density at radius 1 is 1.05 bits per heavy atom. The highest BCUT2D eigenvalue weighted by molar-refractivity contribution is 5.56. The van der Waals surface area contributed by atoms with Gasteiger partial charge in [-0.3, -0.25) is 0 Å². The van der Waals surface area contributed by atoms with Crippen molar-refractivity contribution in [3.8, 4) is 17.2 Å². The quantitative estimate of drug-likeness (QED) is 0.659. The molecule has 0 saturated carbocycles. The van der Waals surface area contributed by atoms with Crippen LogP contribution >= 0.6 is 0 Å². The van der Waals surface area contributed by atoms with Gasteiger partial charge in [0.15, 0.2) is 11.5 Å². The molecule has 1 unspecified atom stereocenters. The van der Waals surface area contributed by atoms with Crippen molar-refractivity contribution in [2.75, 3.05) is 48.1 Å². The summed E-state index contributed by atoms with van der Waals surface area (Å²) in [5.41, 5.74) is 0.648. The first-order valence-electron chi connectivity index (χ1n) is 6.36. The van der Waals surface area contributed by atoms with Crippen molar-refractivity contribution in [3.05, 3.63) is 17.7 Å². The largest absolute Gasteiger partial charge is 0.493 e. The monoisotopic (exact) mass is 285 g/mol. The average molecular weight is 285 g/mol. The van der Waals surface area contributed by atoms with Crippen molar-refractivity contribution in [1.29, 1.82) is 0 Å². The SMILES string of the molecule is COCCNCC(O)c1ccc(OC)c(OC)c1OC. The number of nitrogens with one attached hydrogen (secondary N) is 1. The Bertz CT molecular complexity index is 411. The Morgan fingerprint density at radius 3 is 2.30 bits per heavy atom. The van der Waals surface area contributed by atoms with Gasteiger partial charge in [-0.1, -0.05) is 0 Å². The lowest BCUT2D eigenvalue weighted by Gasteiger charge is -2.19. The highest BCUT2D eigenvalue weighted by Gasteiger charge is 2.20. The summed E-state index contributed by atoms with van der Waals surface area (Å²) in [6, 6.07) is 3.51. The molecule has 114 valence electrons. The number of hydrogen-bond donors (Lipinski definition) is 2. The van der Waals surface area contributed by atoms with Crippen LogP contribution in [0.15, 0.2) is 12.1 Å². The van der Waals surface area contributed by atoms with Crippen molar-refractivity contribution < 1.29 is 24.1 Å². The zero-order valence-electron chi connectivity index (χ0n) is 12.4. The van der Waals surface area contributed by atoms with Crippen molar-refractivity contribution in [1.82, 2.24) is 5.32 Å². The number of rotatable bonds is 9. The normalized spacial score (nSPS) is 12.1. The fourth-order valence-electron chi connectivity index (χ4n) is 1.91. The lowest BCUT2D eigenvalue weighted by atomic mass is 10.1. The van der Waals surface area contributed by atoms with Gasteiger partial charge in [-0.2, -0.15) is 0 Å². The summed E-state index contributed by atoms with van der Waals surface area (Å²) in [5, 5.41) is 13.3. The molecule has 0 aliphatic carbocycles. The molecule has 0 bridgehead atoms. The van der Waals surface area contributed by atoms with E-state index >= 15 is 0 Å². The van der Waals surface area contributed by atoms with E-state index in [0.29, 0.717) is 42.5 Å². The minimum atomic E-state index is -0.707. The van der Waals surface area contributed by atoms with Gasteiger partial charge in [0.25, 0.3) is 0 Å².